The van der Waals surface area contributed by atoms with Crippen LogP contribution in [0.5, 0.6) is 5.75 Å². The highest BCUT2D eigenvalue weighted by atomic mass is 16.5. The summed E-state index contributed by atoms with van der Waals surface area (Å²) in [7, 11) is 1.58. The Morgan fingerprint density at radius 1 is 1.16 bits per heavy atom. The average molecular weight is 418 g/mol. The van der Waals surface area contributed by atoms with Crippen molar-refractivity contribution in [1.29, 1.82) is 0 Å². The van der Waals surface area contributed by atoms with Crippen LogP contribution in [0.15, 0.2) is 40.9 Å². The molecule has 0 aliphatic heterocycles. The number of carbonyl (C=O) groups is 1. The molecule has 0 radical (unpaired) electrons. The predicted octanol–water partition coefficient (Wildman–Crippen LogP) is 5.46. The van der Waals surface area contributed by atoms with Crippen LogP contribution in [0.25, 0.3) is 22.3 Å². The summed E-state index contributed by atoms with van der Waals surface area (Å²) >= 11 is 0. The minimum atomic E-state index is -0.251. The van der Waals surface area contributed by atoms with Gasteiger partial charge < -0.3 is 14.5 Å². The molecule has 0 saturated heterocycles. The molecule has 0 aliphatic carbocycles. The van der Waals surface area contributed by atoms with E-state index in [0.29, 0.717) is 33.7 Å². The second-order valence-corrected chi connectivity index (χ2v) is 7.96. The summed E-state index contributed by atoms with van der Waals surface area (Å²) in [5.74, 6) is 1.90. The third-order valence-corrected chi connectivity index (χ3v) is 5.22. The molecule has 7 heteroatoms. The molecule has 0 atom stereocenters. The molecular weight excluding hydrogens is 392 g/mol. The SMILES string of the molecule is COc1ccc(C)cc1NC(=O)c1cc(-c2cc(C)oc2C)nc2c1cnn2C(C)C. The molecule has 4 rings (SSSR count). The summed E-state index contributed by atoms with van der Waals surface area (Å²) in [6.45, 7) is 9.82. The van der Waals surface area contributed by atoms with E-state index < -0.39 is 0 Å². The molecule has 3 aromatic heterocycles. The molecule has 3 heterocycles. The Morgan fingerprint density at radius 2 is 1.94 bits per heavy atom. The maximum atomic E-state index is 13.4. The molecule has 0 unspecified atom stereocenters. The summed E-state index contributed by atoms with van der Waals surface area (Å²) in [5, 5.41) is 8.17. The molecule has 0 saturated carbocycles. The van der Waals surface area contributed by atoms with Gasteiger partial charge in [0, 0.05) is 11.6 Å². The molecule has 0 fully saturated rings. The van der Waals surface area contributed by atoms with Gasteiger partial charge in [0.2, 0.25) is 0 Å². The maximum Gasteiger partial charge on any atom is 0.256 e. The molecule has 160 valence electrons. The van der Waals surface area contributed by atoms with E-state index in [1.165, 1.54) is 0 Å². The van der Waals surface area contributed by atoms with Crippen molar-refractivity contribution in [3.05, 3.63) is 59.2 Å². The van der Waals surface area contributed by atoms with Gasteiger partial charge in [-0.25, -0.2) is 9.67 Å². The third-order valence-electron chi connectivity index (χ3n) is 5.22. The lowest BCUT2D eigenvalue weighted by Gasteiger charge is -2.13. The third kappa shape index (κ3) is 3.79. The Morgan fingerprint density at radius 3 is 2.58 bits per heavy atom. The molecule has 0 aliphatic rings. The van der Waals surface area contributed by atoms with Crippen molar-refractivity contribution in [1.82, 2.24) is 14.8 Å². The number of anilines is 1. The van der Waals surface area contributed by atoms with Crippen molar-refractivity contribution in [2.24, 2.45) is 0 Å². The van der Waals surface area contributed by atoms with Crippen molar-refractivity contribution in [2.45, 2.75) is 40.7 Å². The normalized spacial score (nSPS) is 11.3. The summed E-state index contributed by atoms with van der Waals surface area (Å²) in [6.07, 6.45) is 1.70. The van der Waals surface area contributed by atoms with Crippen molar-refractivity contribution in [3.8, 4) is 17.0 Å². The van der Waals surface area contributed by atoms with Gasteiger partial charge in [-0.3, -0.25) is 4.79 Å². The van der Waals surface area contributed by atoms with Gasteiger partial charge in [0.05, 0.1) is 35.6 Å². The minimum absolute atomic E-state index is 0.0974. The van der Waals surface area contributed by atoms with Gasteiger partial charge in [-0.2, -0.15) is 5.10 Å². The number of carbonyl (C=O) groups excluding carboxylic acids is 1. The molecular formula is C24H26N4O3. The van der Waals surface area contributed by atoms with Crippen LogP contribution in [0.1, 0.15) is 47.3 Å². The first-order chi connectivity index (χ1) is 14.8. The fraction of sp³-hybridized carbons (Fsp3) is 0.292. The Bertz CT molecular complexity index is 1280. The topological polar surface area (TPSA) is 82.2 Å². The van der Waals surface area contributed by atoms with Crippen LogP contribution in [0, 0.1) is 20.8 Å². The van der Waals surface area contributed by atoms with E-state index in [-0.39, 0.29) is 11.9 Å². The smallest absolute Gasteiger partial charge is 0.256 e. The number of hydrogen-bond donors (Lipinski definition) is 1. The van der Waals surface area contributed by atoms with Crippen LogP contribution in [0.3, 0.4) is 0 Å². The monoisotopic (exact) mass is 418 g/mol. The number of pyridine rings is 1. The fourth-order valence-electron chi connectivity index (χ4n) is 3.72. The van der Waals surface area contributed by atoms with E-state index in [1.54, 1.807) is 19.4 Å². The number of ether oxygens (including phenoxy) is 1. The molecule has 0 bridgehead atoms. The largest absolute Gasteiger partial charge is 0.495 e. The van der Waals surface area contributed by atoms with Crippen LogP contribution < -0.4 is 10.1 Å². The number of amides is 1. The number of benzene rings is 1. The van der Waals surface area contributed by atoms with Crippen molar-refractivity contribution in [3.63, 3.8) is 0 Å². The van der Waals surface area contributed by atoms with E-state index in [1.807, 2.05) is 63.6 Å². The van der Waals surface area contributed by atoms with Crippen LogP contribution in [-0.4, -0.2) is 27.8 Å². The average Bonchev–Trinajstić information content (AvgIpc) is 3.29. The van der Waals surface area contributed by atoms with Gasteiger partial charge in [-0.1, -0.05) is 6.07 Å². The first-order valence-electron chi connectivity index (χ1n) is 10.2. The van der Waals surface area contributed by atoms with Gasteiger partial charge in [-0.05, 0) is 64.4 Å². The number of fused-ring (bicyclic) bond motifs is 1. The number of nitrogens with zero attached hydrogens (tertiary/aromatic N) is 3. The summed E-state index contributed by atoms with van der Waals surface area (Å²) in [5.41, 5.74) is 4.32. The van der Waals surface area contributed by atoms with Crippen molar-refractivity contribution >= 4 is 22.6 Å². The molecule has 7 nitrogen and oxygen atoms in total. The van der Waals surface area contributed by atoms with E-state index in [0.717, 1.165) is 22.6 Å². The highest BCUT2D eigenvalue weighted by Crippen LogP contribution is 2.31. The van der Waals surface area contributed by atoms with Gasteiger partial charge in [0.25, 0.3) is 5.91 Å². The lowest BCUT2D eigenvalue weighted by molar-refractivity contribution is 0.102. The molecule has 1 amide bonds. The van der Waals surface area contributed by atoms with Crippen LogP contribution in [-0.2, 0) is 0 Å². The second kappa shape index (κ2) is 7.91. The maximum absolute atomic E-state index is 13.4. The highest BCUT2D eigenvalue weighted by molar-refractivity contribution is 6.13. The number of nitrogens with one attached hydrogen (secondary N) is 1. The van der Waals surface area contributed by atoms with Gasteiger partial charge >= 0.3 is 0 Å². The van der Waals surface area contributed by atoms with E-state index in [2.05, 4.69) is 10.4 Å². The number of aromatic nitrogens is 3. The second-order valence-electron chi connectivity index (χ2n) is 7.96. The van der Waals surface area contributed by atoms with Crippen LogP contribution >= 0.6 is 0 Å². The fourth-order valence-corrected chi connectivity index (χ4v) is 3.72. The van der Waals surface area contributed by atoms with Crippen molar-refractivity contribution in [2.75, 3.05) is 12.4 Å². The van der Waals surface area contributed by atoms with Gasteiger partial charge in [0.15, 0.2) is 5.65 Å². The lowest BCUT2D eigenvalue weighted by atomic mass is 10.1. The molecule has 1 N–H and O–H groups in total. The number of rotatable bonds is 5. The first-order valence-corrected chi connectivity index (χ1v) is 10.2. The number of aryl methyl sites for hydroxylation is 3. The minimum Gasteiger partial charge on any atom is -0.495 e. The quantitative estimate of drug-likeness (QED) is 0.465. The Kier molecular flexibility index (Phi) is 5.27. The summed E-state index contributed by atoms with van der Waals surface area (Å²) in [6, 6.07) is 9.49. The zero-order valence-electron chi connectivity index (χ0n) is 18.6. The van der Waals surface area contributed by atoms with Crippen LogP contribution in [0.4, 0.5) is 5.69 Å². The van der Waals surface area contributed by atoms with E-state index in [4.69, 9.17) is 14.1 Å². The number of methoxy groups -OCH3 is 1. The zero-order valence-corrected chi connectivity index (χ0v) is 18.6. The number of hydrogen-bond acceptors (Lipinski definition) is 5. The Hall–Kier alpha value is -3.61. The highest BCUT2D eigenvalue weighted by Gasteiger charge is 2.21. The van der Waals surface area contributed by atoms with Gasteiger partial charge in [0.1, 0.15) is 17.3 Å². The zero-order chi connectivity index (χ0) is 22.3. The van der Waals surface area contributed by atoms with Crippen LogP contribution in [0.2, 0.25) is 0 Å². The summed E-state index contributed by atoms with van der Waals surface area (Å²) < 4.78 is 12.9. The first kappa shape index (κ1) is 20.7. The predicted molar refractivity (Wildman–Crippen MR) is 121 cm³/mol. The van der Waals surface area contributed by atoms with Crippen molar-refractivity contribution < 1.29 is 13.9 Å². The lowest BCUT2D eigenvalue weighted by Crippen LogP contribution is -2.14. The molecule has 1 aromatic carbocycles. The van der Waals surface area contributed by atoms with E-state index in [9.17, 15) is 4.79 Å². The molecule has 31 heavy (non-hydrogen) atoms. The van der Waals surface area contributed by atoms with Gasteiger partial charge in [-0.15, -0.1) is 0 Å². The van der Waals surface area contributed by atoms with E-state index >= 15 is 0 Å². The molecule has 0 spiro atoms. The molecule has 4 aromatic rings. The Balaban J connectivity index is 1.87. The standard InChI is InChI=1S/C24H26N4O3/c1-13(2)28-23-19(12-25-28)18(11-20(26-23)17-10-15(4)31-16(17)5)24(29)27-21-9-14(3)7-8-22(21)30-6/h7-13H,1-6H3,(H,27,29). The Labute approximate surface area is 181 Å². The summed E-state index contributed by atoms with van der Waals surface area (Å²) in [4.78, 5) is 18.2. The number of furan rings is 1.